The van der Waals surface area contributed by atoms with Gasteiger partial charge in [0.15, 0.2) is 5.96 Å². The van der Waals surface area contributed by atoms with Crippen molar-refractivity contribution in [2.24, 2.45) is 4.99 Å². The van der Waals surface area contributed by atoms with Crippen molar-refractivity contribution in [2.45, 2.75) is 13.0 Å². The molecule has 1 heterocycles. The van der Waals surface area contributed by atoms with Crippen LogP contribution in [0.15, 0.2) is 46.0 Å². The molecule has 4 nitrogen and oxygen atoms in total. The van der Waals surface area contributed by atoms with Crippen LogP contribution in [0.2, 0.25) is 10.0 Å². The second-order valence-electron chi connectivity index (χ2n) is 4.42. The molecule has 2 rings (SSSR count). The molecule has 0 radical (unpaired) electrons. The topological polar surface area (TPSA) is 49.6 Å². The molecule has 0 fully saturated rings. The Morgan fingerprint density at radius 2 is 2.10 bits per heavy atom. The molecule has 0 saturated carbocycles. The van der Waals surface area contributed by atoms with Crippen LogP contribution in [0.25, 0.3) is 0 Å². The Labute approximate surface area is 134 Å². The Morgan fingerprint density at radius 3 is 2.76 bits per heavy atom. The molecule has 21 heavy (non-hydrogen) atoms. The number of hydrogen-bond acceptors (Lipinski definition) is 2. The minimum atomic E-state index is 0.580. The van der Waals surface area contributed by atoms with Crippen LogP contribution in [0.3, 0.4) is 0 Å². The summed E-state index contributed by atoms with van der Waals surface area (Å²) in [4.78, 5) is 4.16. The van der Waals surface area contributed by atoms with Gasteiger partial charge in [0.25, 0.3) is 0 Å². The van der Waals surface area contributed by atoms with E-state index in [0.717, 1.165) is 24.3 Å². The molecule has 1 aromatic heterocycles. The van der Waals surface area contributed by atoms with Crippen molar-refractivity contribution in [3.05, 3.63) is 58.0 Å². The standard InChI is InChI=1S/C15H17Cl2N3O/c1-18-15(19-7-6-13-3-2-8-21-13)20-10-11-4-5-12(16)9-14(11)17/h2-5,8-9H,6-7,10H2,1H3,(H2,18,19,20). The molecule has 112 valence electrons. The number of nitrogens with zero attached hydrogens (tertiary/aromatic N) is 1. The molecule has 0 aliphatic heterocycles. The Bertz CT molecular complexity index is 597. The molecule has 0 aliphatic carbocycles. The van der Waals surface area contributed by atoms with Crippen molar-refractivity contribution in [3.63, 3.8) is 0 Å². The van der Waals surface area contributed by atoms with E-state index in [9.17, 15) is 0 Å². The van der Waals surface area contributed by atoms with Crippen molar-refractivity contribution >= 4 is 29.2 Å². The second kappa shape index (κ2) is 7.96. The Morgan fingerprint density at radius 1 is 1.24 bits per heavy atom. The average molecular weight is 326 g/mol. The van der Waals surface area contributed by atoms with Gasteiger partial charge in [0.1, 0.15) is 5.76 Å². The summed E-state index contributed by atoms with van der Waals surface area (Å²) >= 11 is 12.0. The maximum atomic E-state index is 6.13. The zero-order valence-corrected chi connectivity index (χ0v) is 13.2. The zero-order valence-electron chi connectivity index (χ0n) is 11.7. The number of guanidine groups is 1. The normalized spacial score (nSPS) is 11.5. The molecule has 0 bridgehead atoms. The van der Waals surface area contributed by atoms with Crippen LogP contribution in [0.1, 0.15) is 11.3 Å². The van der Waals surface area contributed by atoms with Gasteiger partial charge in [-0.2, -0.15) is 0 Å². The second-order valence-corrected chi connectivity index (χ2v) is 5.26. The van der Waals surface area contributed by atoms with Gasteiger partial charge in [-0.05, 0) is 29.8 Å². The van der Waals surface area contributed by atoms with E-state index < -0.39 is 0 Å². The van der Waals surface area contributed by atoms with Crippen molar-refractivity contribution in [2.75, 3.05) is 13.6 Å². The van der Waals surface area contributed by atoms with Crippen LogP contribution in [-0.2, 0) is 13.0 Å². The summed E-state index contributed by atoms with van der Waals surface area (Å²) in [6.07, 6.45) is 2.47. The third-order valence-corrected chi connectivity index (χ3v) is 3.52. The van der Waals surface area contributed by atoms with Crippen LogP contribution in [0.4, 0.5) is 0 Å². The molecule has 2 aromatic rings. The SMILES string of the molecule is CN=C(NCCc1ccco1)NCc1ccc(Cl)cc1Cl. The van der Waals surface area contributed by atoms with Gasteiger partial charge in [0.2, 0.25) is 0 Å². The number of rotatable bonds is 5. The van der Waals surface area contributed by atoms with Gasteiger partial charge < -0.3 is 15.1 Å². The molecule has 0 aliphatic rings. The molecule has 6 heteroatoms. The molecule has 2 N–H and O–H groups in total. The number of aliphatic imine (C=N–C) groups is 1. The molecular formula is C15H17Cl2N3O. The molecule has 0 unspecified atom stereocenters. The highest BCUT2D eigenvalue weighted by Crippen LogP contribution is 2.20. The van der Waals surface area contributed by atoms with Crippen molar-refractivity contribution in [1.29, 1.82) is 0 Å². The lowest BCUT2D eigenvalue weighted by Crippen LogP contribution is -2.37. The van der Waals surface area contributed by atoms with E-state index in [1.54, 1.807) is 19.4 Å². The highest BCUT2D eigenvalue weighted by Gasteiger charge is 2.03. The summed E-state index contributed by atoms with van der Waals surface area (Å²) < 4.78 is 5.27. The van der Waals surface area contributed by atoms with Gasteiger partial charge in [-0.1, -0.05) is 29.3 Å². The summed E-state index contributed by atoms with van der Waals surface area (Å²) in [5.74, 6) is 1.66. The average Bonchev–Trinajstić information content (AvgIpc) is 2.97. The van der Waals surface area contributed by atoms with Gasteiger partial charge in [-0.3, -0.25) is 4.99 Å². The van der Waals surface area contributed by atoms with Gasteiger partial charge in [-0.25, -0.2) is 0 Å². The van der Waals surface area contributed by atoms with Crippen LogP contribution >= 0.6 is 23.2 Å². The van der Waals surface area contributed by atoms with E-state index in [2.05, 4.69) is 15.6 Å². The third-order valence-electron chi connectivity index (χ3n) is 2.93. The summed E-state index contributed by atoms with van der Waals surface area (Å²) in [5.41, 5.74) is 0.968. The van der Waals surface area contributed by atoms with E-state index in [-0.39, 0.29) is 0 Å². The monoisotopic (exact) mass is 325 g/mol. The smallest absolute Gasteiger partial charge is 0.191 e. The van der Waals surface area contributed by atoms with Gasteiger partial charge >= 0.3 is 0 Å². The first kappa shape index (κ1) is 15.7. The first-order chi connectivity index (χ1) is 10.2. The minimum absolute atomic E-state index is 0.580. The highest BCUT2D eigenvalue weighted by atomic mass is 35.5. The summed E-state index contributed by atoms with van der Waals surface area (Å²) in [5, 5.41) is 7.69. The minimum Gasteiger partial charge on any atom is -0.469 e. The lowest BCUT2D eigenvalue weighted by atomic mass is 10.2. The molecule has 1 aromatic carbocycles. The Balaban J connectivity index is 1.79. The van der Waals surface area contributed by atoms with E-state index >= 15 is 0 Å². The van der Waals surface area contributed by atoms with Crippen molar-refractivity contribution in [3.8, 4) is 0 Å². The fraction of sp³-hybridized carbons (Fsp3) is 0.267. The van der Waals surface area contributed by atoms with Crippen LogP contribution in [0.5, 0.6) is 0 Å². The Hall–Kier alpha value is -1.65. The summed E-state index contributed by atoms with van der Waals surface area (Å²) in [7, 11) is 1.73. The lowest BCUT2D eigenvalue weighted by Gasteiger charge is -2.12. The molecule has 0 spiro atoms. The van der Waals surface area contributed by atoms with E-state index in [1.165, 1.54) is 0 Å². The lowest BCUT2D eigenvalue weighted by molar-refractivity contribution is 0.507. The van der Waals surface area contributed by atoms with E-state index in [1.807, 2.05) is 24.3 Å². The van der Waals surface area contributed by atoms with Crippen LogP contribution in [0, 0.1) is 0 Å². The number of benzene rings is 1. The number of nitrogens with one attached hydrogen (secondary N) is 2. The summed E-state index contributed by atoms with van der Waals surface area (Å²) in [6.45, 7) is 1.32. The molecular weight excluding hydrogens is 309 g/mol. The zero-order chi connectivity index (χ0) is 15.1. The predicted octanol–water partition coefficient (Wildman–Crippen LogP) is 3.49. The number of halogens is 2. The number of hydrogen-bond donors (Lipinski definition) is 2. The maximum Gasteiger partial charge on any atom is 0.191 e. The molecule has 0 atom stereocenters. The van der Waals surface area contributed by atoms with Crippen molar-refractivity contribution < 1.29 is 4.42 Å². The van der Waals surface area contributed by atoms with Gasteiger partial charge in [0, 0.05) is 36.6 Å². The van der Waals surface area contributed by atoms with E-state index in [4.69, 9.17) is 27.6 Å². The predicted molar refractivity (Wildman–Crippen MR) is 87.1 cm³/mol. The maximum absolute atomic E-state index is 6.13. The molecule has 0 saturated heterocycles. The van der Waals surface area contributed by atoms with E-state index in [0.29, 0.717) is 22.5 Å². The number of furan rings is 1. The fourth-order valence-electron chi connectivity index (χ4n) is 1.82. The van der Waals surface area contributed by atoms with Gasteiger partial charge in [-0.15, -0.1) is 0 Å². The third kappa shape index (κ3) is 4.99. The highest BCUT2D eigenvalue weighted by molar-refractivity contribution is 6.35. The largest absolute Gasteiger partial charge is 0.469 e. The first-order valence-electron chi connectivity index (χ1n) is 6.60. The summed E-state index contributed by atoms with van der Waals surface area (Å²) in [6, 6.07) is 9.27. The molecule has 0 amide bonds. The quantitative estimate of drug-likeness (QED) is 0.653. The fourth-order valence-corrected chi connectivity index (χ4v) is 2.30. The van der Waals surface area contributed by atoms with Gasteiger partial charge in [0.05, 0.1) is 6.26 Å². The Kier molecular flexibility index (Phi) is 5.96. The van der Waals surface area contributed by atoms with Crippen LogP contribution < -0.4 is 10.6 Å². The van der Waals surface area contributed by atoms with Crippen molar-refractivity contribution in [1.82, 2.24) is 10.6 Å². The first-order valence-corrected chi connectivity index (χ1v) is 7.35. The van der Waals surface area contributed by atoms with Crippen LogP contribution in [-0.4, -0.2) is 19.6 Å².